The molecule has 3 rings (SSSR count). The van der Waals surface area contributed by atoms with Gasteiger partial charge in [-0.25, -0.2) is 8.42 Å². The van der Waals surface area contributed by atoms with Gasteiger partial charge in [0, 0.05) is 18.8 Å². The molecule has 3 aromatic rings. The lowest BCUT2D eigenvalue weighted by atomic mass is 10.2. The van der Waals surface area contributed by atoms with E-state index in [1.807, 2.05) is 46.1 Å². The normalized spacial score (nSPS) is 12.9. The van der Waals surface area contributed by atoms with Crippen LogP contribution in [0, 0.1) is 0 Å². The van der Waals surface area contributed by atoms with Crippen LogP contribution in [0.4, 0.5) is 5.69 Å². The van der Waals surface area contributed by atoms with Crippen LogP contribution in [0.3, 0.4) is 0 Å². The van der Waals surface area contributed by atoms with Crippen LogP contribution >= 0.6 is 11.8 Å². The van der Waals surface area contributed by atoms with E-state index in [0.29, 0.717) is 17.4 Å². The Morgan fingerprint density at radius 3 is 2.24 bits per heavy atom. The average Bonchev–Trinajstić information content (AvgIpc) is 3.25. The molecule has 200 valence electrons. The smallest absolute Gasteiger partial charge is 0.243 e. The third kappa shape index (κ3) is 7.19. The van der Waals surface area contributed by atoms with Crippen molar-refractivity contribution in [3.05, 3.63) is 66.0 Å². The highest BCUT2D eigenvalue weighted by Gasteiger charge is 2.24. The number of anilines is 1. The molecule has 1 N–H and O–H groups in total. The predicted molar refractivity (Wildman–Crippen MR) is 148 cm³/mol. The number of thioether (sulfide) groups is 1. The van der Waals surface area contributed by atoms with Gasteiger partial charge in [-0.3, -0.25) is 9.69 Å². The van der Waals surface area contributed by atoms with E-state index in [0.717, 1.165) is 17.8 Å². The summed E-state index contributed by atoms with van der Waals surface area (Å²) < 4.78 is 28.7. The molecule has 0 aliphatic heterocycles. The van der Waals surface area contributed by atoms with Crippen molar-refractivity contribution in [1.29, 1.82) is 0 Å². The lowest BCUT2D eigenvalue weighted by molar-refractivity contribution is -0.113. The third-order valence-corrected chi connectivity index (χ3v) is 9.13. The Bertz CT molecular complexity index is 1280. The van der Waals surface area contributed by atoms with Crippen LogP contribution in [0.15, 0.2) is 64.6 Å². The molecular weight excluding hydrogens is 508 g/mol. The monoisotopic (exact) mass is 544 g/mol. The van der Waals surface area contributed by atoms with E-state index < -0.39 is 10.0 Å². The van der Waals surface area contributed by atoms with Gasteiger partial charge in [-0.15, -0.1) is 10.2 Å². The van der Waals surface area contributed by atoms with Crippen LogP contribution in [-0.2, 0) is 21.4 Å². The van der Waals surface area contributed by atoms with Gasteiger partial charge in [0.05, 0.1) is 23.2 Å². The van der Waals surface area contributed by atoms with E-state index in [-0.39, 0.29) is 28.6 Å². The van der Waals surface area contributed by atoms with E-state index in [1.54, 1.807) is 19.2 Å². The zero-order chi connectivity index (χ0) is 27.2. The topological polar surface area (TPSA) is 100 Å². The molecule has 37 heavy (non-hydrogen) atoms. The van der Waals surface area contributed by atoms with Gasteiger partial charge >= 0.3 is 0 Å². The zero-order valence-corrected chi connectivity index (χ0v) is 23.9. The fraction of sp³-hybridized carbons (Fsp3) is 0.423. The molecule has 0 saturated heterocycles. The minimum absolute atomic E-state index is 0.101. The van der Waals surface area contributed by atoms with E-state index in [1.165, 1.54) is 28.2 Å². The van der Waals surface area contributed by atoms with Gasteiger partial charge in [-0.1, -0.05) is 49.0 Å². The van der Waals surface area contributed by atoms with Crippen molar-refractivity contribution in [2.45, 2.75) is 55.9 Å². The summed E-state index contributed by atoms with van der Waals surface area (Å²) in [4.78, 5) is 15.0. The number of benzene rings is 2. The molecular formula is C26H36N6O3S2. The number of sulfonamides is 1. The summed E-state index contributed by atoms with van der Waals surface area (Å²) in [5.74, 6) is 0.791. The second-order valence-corrected chi connectivity index (χ2v) is 12.2. The summed E-state index contributed by atoms with van der Waals surface area (Å²) in [6, 6.07) is 16.3. The number of aromatic nitrogens is 3. The molecule has 0 spiro atoms. The molecule has 0 saturated carbocycles. The fourth-order valence-electron chi connectivity index (χ4n) is 3.83. The van der Waals surface area contributed by atoms with Gasteiger partial charge in [0.2, 0.25) is 15.9 Å². The van der Waals surface area contributed by atoms with Crippen molar-refractivity contribution in [2.75, 3.05) is 32.2 Å². The average molecular weight is 545 g/mol. The maximum atomic E-state index is 12.7. The SMILES string of the molecule is CC[C@H](c1nnc(SCC(=O)Nc2ccc(S(=O)(=O)N(C)C(C)C)cc2)n1Cc1ccccc1)N(C)C. The lowest BCUT2D eigenvalue weighted by Crippen LogP contribution is -2.33. The Morgan fingerprint density at radius 1 is 1.03 bits per heavy atom. The first-order chi connectivity index (χ1) is 17.5. The zero-order valence-electron chi connectivity index (χ0n) is 22.2. The first-order valence-electron chi connectivity index (χ1n) is 12.2. The van der Waals surface area contributed by atoms with Gasteiger partial charge in [0.1, 0.15) is 0 Å². The number of carbonyl (C=O) groups is 1. The Balaban J connectivity index is 1.71. The Kier molecular flexibility index (Phi) is 9.88. The molecule has 0 aliphatic carbocycles. The van der Waals surface area contributed by atoms with Gasteiger partial charge in [-0.2, -0.15) is 4.31 Å². The number of hydrogen-bond acceptors (Lipinski definition) is 7. The molecule has 2 aromatic carbocycles. The summed E-state index contributed by atoms with van der Waals surface area (Å²) in [7, 11) is 2.02. The summed E-state index contributed by atoms with van der Waals surface area (Å²) in [5.41, 5.74) is 1.66. The van der Waals surface area contributed by atoms with Crippen molar-refractivity contribution in [3.63, 3.8) is 0 Å². The molecule has 11 heteroatoms. The molecule has 1 amide bonds. The maximum Gasteiger partial charge on any atom is 0.243 e. The minimum Gasteiger partial charge on any atom is -0.325 e. The molecule has 0 fully saturated rings. The summed E-state index contributed by atoms with van der Waals surface area (Å²) >= 11 is 1.32. The molecule has 1 aromatic heterocycles. The predicted octanol–water partition coefficient (Wildman–Crippen LogP) is 4.10. The van der Waals surface area contributed by atoms with E-state index in [4.69, 9.17) is 0 Å². The van der Waals surface area contributed by atoms with Crippen molar-refractivity contribution in [1.82, 2.24) is 24.0 Å². The van der Waals surface area contributed by atoms with Crippen LogP contribution in [0.5, 0.6) is 0 Å². The number of rotatable bonds is 12. The number of nitrogens with zero attached hydrogens (tertiary/aromatic N) is 5. The third-order valence-electron chi connectivity index (χ3n) is 6.11. The van der Waals surface area contributed by atoms with Crippen LogP contribution in [0.1, 0.15) is 44.6 Å². The van der Waals surface area contributed by atoms with E-state index >= 15 is 0 Å². The Hall–Kier alpha value is -2.73. The number of amides is 1. The number of carbonyl (C=O) groups excluding carboxylic acids is 1. The number of nitrogens with one attached hydrogen (secondary N) is 1. The van der Waals surface area contributed by atoms with Crippen LogP contribution in [0.2, 0.25) is 0 Å². The highest BCUT2D eigenvalue weighted by Crippen LogP contribution is 2.26. The van der Waals surface area contributed by atoms with Crippen molar-refractivity contribution in [2.24, 2.45) is 0 Å². The quantitative estimate of drug-likeness (QED) is 0.343. The van der Waals surface area contributed by atoms with Gasteiger partial charge in [-0.05, 0) is 64.2 Å². The molecule has 0 unspecified atom stereocenters. The fourth-order valence-corrected chi connectivity index (χ4v) is 5.94. The summed E-state index contributed by atoms with van der Waals surface area (Å²) in [5, 5.41) is 12.4. The molecule has 1 atom stereocenters. The van der Waals surface area contributed by atoms with Crippen LogP contribution in [0.25, 0.3) is 0 Å². The van der Waals surface area contributed by atoms with Gasteiger partial charge in [0.15, 0.2) is 11.0 Å². The lowest BCUT2D eigenvalue weighted by Gasteiger charge is -2.23. The molecule has 0 aliphatic rings. The van der Waals surface area contributed by atoms with Crippen LogP contribution < -0.4 is 5.32 Å². The highest BCUT2D eigenvalue weighted by atomic mass is 32.2. The molecule has 1 heterocycles. The molecule has 0 radical (unpaired) electrons. The molecule has 9 nitrogen and oxygen atoms in total. The second-order valence-electron chi connectivity index (χ2n) is 9.28. The summed E-state index contributed by atoms with van der Waals surface area (Å²) in [6.45, 7) is 6.36. The van der Waals surface area contributed by atoms with Crippen molar-refractivity contribution >= 4 is 33.4 Å². The van der Waals surface area contributed by atoms with Crippen LogP contribution in [-0.4, -0.2) is 71.2 Å². The second kappa shape index (κ2) is 12.7. The minimum atomic E-state index is -3.58. The van der Waals surface area contributed by atoms with Gasteiger partial charge < -0.3 is 9.88 Å². The Labute approximate surface area is 224 Å². The molecule has 0 bridgehead atoms. The largest absolute Gasteiger partial charge is 0.325 e. The summed E-state index contributed by atoms with van der Waals surface area (Å²) in [6.07, 6.45) is 0.879. The Morgan fingerprint density at radius 2 is 1.68 bits per heavy atom. The van der Waals surface area contributed by atoms with Crippen molar-refractivity contribution < 1.29 is 13.2 Å². The van der Waals surface area contributed by atoms with E-state index in [9.17, 15) is 13.2 Å². The first kappa shape index (κ1) is 28.8. The van der Waals surface area contributed by atoms with Gasteiger partial charge in [0.25, 0.3) is 0 Å². The van der Waals surface area contributed by atoms with E-state index in [2.05, 4.69) is 44.0 Å². The maximum absolute atomic E-state index is 12.7. The standard InChI is InChI=1S/C26H36N6O3S2/c1-7-23(30(4)5)25-28-29-26(32(25)17-20-11-9-8-10-12-20)36-18-24(33)27-21-13-15-22(16-14-21)37(34,35)31(6)19(2)3/h8-16,19,23H,7,17-18H2,1-6H3,(H,27,33)/t23-/m1/s1. The first-order valence-corrected chi connectivity index (χ1v) is 14.6. The highest BCUT2D eigenvalue weighted by molar-refractivity contribution is 7.99. The number of hydrogen-bond donors (Lipinski definition) is 1. The van der Waals surface area contributed by atoms with Crippen molar-refractivity contribution in [3.8, 4) is 0 Å².